The van der Waals surface area contributed by atoms with Gasteiger partial charge in [-0.05, 0) is 56.3 Å². The topological polar surface area (TPSA) is 100 Å². The molecule has 0 atom stereocenters. The quantitative estimate of drug-likeness (QED) is 0.424. The van der Waals surface area contributed by atoms with E-state index in [4.69, 9.17) is 0 Å². The number of aryl methyl sites for hydroxylation is 2. The molecule has 176 valence electrons. The molecule has 1 aliphatic rings. The maximum Gasteiger partial charge on any atom is 0.257 e. The molecular formula is C26H24N6O2S. The van der Waals surface area contributed by atoms with E-state index in [1.165, 1.54) is 11.3 Å². The first kappa shape index (κ1) is 22.7. The van der Waals surface area contributed by atoms with Gasteiger partial charge in [0, 0.05) is 46.0 Å². The van der Waals surface area contributed by atoms with Crippen molar-refractivity contribution in [2.24, 2.45) is 0 Å². The third-order valence-corrected chi connectivity index (χ3v) is 6.64. The second-order valence-electron chi connectivity index (χ2n) is 8.36. The monoisotopic (exact) mass is 484 g/mol. The van der Waals surface area contributed by atoms with Crippen LogP contribution in [0.15, 0.2) is 60.7 Å². The largest absolute Gasteiger partial charge is 0.333 e. The standard InChI is InChI=1S/C26H24N6O2S/c1-16-14-17(2)28-25(27-16)29-20-10-8-18(9-11-20)23(33)31-26-30-21-12-13-32(15-22(21)35-26)24(34)19-6-4-3-5-7-19/h3-11,14H,12-13,15H2,1-2H3,(H,27,28,29)(H,30,31,33). The van der Waals surface area contributed by atoms with Crippen LogP contribution in [0.3, 0.4) is 0 Å². The molecule has 0 aliphatic carbocycles. The van der Waals surface area contributed by atoms with Crippen LogP contribution in [-0.4, -0.2) is 38.2 Å². The fourth-order valence-electron chi connectivity index (χ4n) is 3.97. The molecule has 9 heteroatoms. The number of hydrogen-bond acceptors (Lipinski definition) is 7. The summed E-state index contributed by atoms with van der Waals surface area (Å²) >= 11 is 1.42. The van der Waals surface area contributed by atoms with E-state index >= 15 is 0 Å². The zero-order valence-electron chi connectivity index (χ0n) is 19.4. The van der Waals surface area contributed by atoms with E-state index < -0.39 is 0 Å². The molecule has 0 fully saturated rings. The minimum atomic E-state index is -0.234. The van der Waals surface area contributed by atoms with Gasteiger partial charge in [-0.2, -0.15) is 0 Å². The number of fused-ring (bicyclic) bond motifs is 1. The molecule has 2 N–H and O–H groups in total. The van der Waals surface area contributed by atoms with Gasteiger partial charge in [-0.1, -0.05) is 29.5 Å². The molecule has 0 unspecified atom stereocenters. The SMILES string of the molecule is Cc1cc(C)nc(Nc2ccc(C(=O)Nc3nc4c(s3)CN(C(=O)c3ccccc3)CC4)cc2)n1. The summed E-state index contributed by atoms with van der Waals surface area (Å²) in [6, 6.07) is 18.3. The highest BCUT2D eigenvalue weighted by molar-refractivity contribution is 7.15. The van der Waals surface area contributed by atoms with Gasteiger partial charge in [0.2, 0.25) is 5.95 Å². The number of carbonyl (C=O) groups excluding carboxylic acids is 2. The van der Waals surface area contributed by atoms with Gasteiger partial charge in [-0.15, -0.1) is 0 Å². The molecule has 2 aromatic heterocycles. The number of benzene rings is 2. The van der Waals surface area contributed by atoms with E-state index in [0.29, 0.717) is 41.7 Å². The number of carbonyl (C=O) groups is 2. The van der Waals surface area contributed by atoms with Gasteiger partial charge in [-0.25, -0.2) is 15.0 Å². The Kier molecular flexibility index (Phi) is 6.24. The summed E-state index contributed by atoms with van der Waals surface area (Å²) in [5.74, 6) is 0.297. The zero-order valence-corrected chi connectivity index (χ0v) is 20.2. The number of aromatic nitrogens is 3. The predicted octanol–water partition coefficient (Wildman–Crippen LogP) is 4.74. The zero-order chi connectivity index (χ0) is 24.4. The van der Waals surface area contributed by atoms with Crippen LogP contribution in [0.4, 0.5) is 16.8 Å². The normalized spacial score (nSPS) is 12.7. The van der Waals surface area contributed by atoms with E-state index in [2.05, 4.69) is 25.6 Å². The van der Waals surface area contributed by atoms with Crippen molar-refractivity contribution in [3.05, 3.63) is 93.7 Å². The molecule has 4 aromatic rings. The highest BCUT2D eigenvalue weighted by Crippen LogP contribution is 2.29. The summed E-state index contributed by atoms with van der Waals surface area (Å²) in [5.41, 5.74) is 4.70. The molecule has 0 saturated carbocycles. The lowest BCUT2D eigenvalue weighted by molar-refractivity contribution is 0.0736. The summed E-state index contributed by atoms with van der Waals surface area (Å²) in [6.45, 7) is 4.94. The highest BCUT2D eigenvalue weighted by Gasteiger charge is 2.25. The molecule has 3 heterocycles. The van der Waals surface area contributed by atoms with E-state index in [0.717, 1.165) is 27.6 Å². The smallest absolute Gasteiger partial charge is 0.257 e. The third-order valence-electron chi connectivity index (χ3n) is 5.65. The van der Waals surface area contributed by atoms with Crippen molar-refractivity contribution < 1.29 is 9.59 Å². The van der Waals surface area contributed by atoms with Crippen LogP contribution in [-0.2, 0) is 13.0 Å². The fraction of sp³-hybridized carbons (Fsp3) is 0.192. The Bertz CT molecular complexity index is 1360. The number of nitrogens with one attached hydrogen (secondary N) is 2. The molecule has 35 heavy (non-hydrogen) atoms. The first-order valence-corrected chi connectivity index (χ1v) is 12.1. The van der Waals surface area contributed by atoms with Crippen LogP contribution in [0, 0.1) is 13.8 Å². The molecule has 5 rings (SSSR count). The van der Waals surface area contributed by atoms with Crippen LogP contribution in [0.25, 0.3) is 0 Å². The van der Waals surface area contributed by atoms with Gasteiger partial charge in [0.05, 0.1) is 12.2 Å². The first-order chi connectivity index (χ1) is 16.9. The molecule has 0 bridgehead atoms. The van der Waals surface area contributed by atoms with Crippen molar-refractivity contribution in [3.8, 4) is 0 Å². The molecule has 2 amide bonds. The van der Waals surface area contributed by atoms with Crippen molar-refractivity contribution in [3.63, 3.8) is 0 Å². The number of nitrogens with zero attached hydrogens (tertiary/aromatic N) is 4. The minimum Gasteiger partial charge on any atom is -0.333 e. The molecule has 2 aromatic carbocycles. The van der Waals surface area contributed by atoms with Gasteiger partial charge in [0.15, 0.2) is 5.13 Å². The van der Waals surface area contributed by atoms with Crippen molar-refractivity contribution in [2.45, 2.75) is 26.8 Å². The lowest BCUT2D eigenvalue weighted by atomic mass is 10.1. The average Bonchev–Trinajstić information content (AvgIpc) is 3.25. The maximum atomic E-state index is 12.8. The average molecular weight is 485 g/mol. The molecule has 0 radical (unpaired) electrons. The Labute approximate surface area is 207 Å². The van der Waals surface area contributed by atoms with Crippen LogP contribution < -0.4 is 10.6 Å². The molecule has 0 spiro atoms. The minimum absolute atomic E-state index is 0.00941. The van der Waals surface area contributed by atoms with Gasteiger partial charge < -0.3 is 10.2 Å². The second-order valence-corrected chi connectivity index (χ2v) is 9.45. The Hall–Kier alpha value is -4.11. The number of hydrogen-bond donors (Lipinski definition) is 2. The molecule has 1 aliphatic heterocycles. The Balaban J connectivity index is 1.22. The van der Waals surface area contributed by atoms with E-state index in [1.807, 2.05) is 67.3 Å². The summed E-state index contributed by atoms with van der Waals surface area (Å²) in [6.07, 6.45) is 0.668. The van der Waals surface area contributed by atoms with Gasteiger partial charge in [0.25, 0.3) is 11.8 Å². The Morgan fingerprint density at radius 3 is 2.34 bits per heavy atom. The van der Waals surface area contributed by atoms with Gasteiger partial charge >= 0.3 is 0 Å². The molecule has 0 saturated heterocycles. The van der Waals surface area contributed by atoms with Crippen molar-refractivity contribution >= 4 is 39.9 Å². The van der Waals surface area contributed by atoms with Crippen LogP contribution in [0.1, 0.15) is 42.7 Å². The second kappa shape index (κ2) is 9.63. The predicted molar refractivity (Wildman–Crippen MR) is 136 cm³/mol. The lowest BCUT2D eigenvalue weighted by Gasteiger charge is -2.26. The lowest BCUT2D eigenvalue weighted by Crippen LogP contribution is -2.35. The molecule has 8 nitrogen and oxygen atoms in total. The number of thiazole rings is 1. The van der Waals surface area contributed by atoms with Crippen LogP contribution in [0.5, 0.6) is 0 Å². The van der Waals surface area contributed by atoms with E-state index in [1.54, 1.807) is 12.1 Å². The van der Waals surface area contributed by atoms with Gasteiger partial charge in [-0.3, -0.25) is 14.9 Å². The summed E-state index contributed by atoms with van der Waals surface area (Å²) in [7, 11) is 0. The van der Waals surface area contributed by atoms with Crippen molar-refractivity contribution in [1.82, 2.24) is 19.9 Å². The van der Waals surface area contributed by atoms with Gasteiger partial charge in [0.1, 0.15) is 0 Å². The third kappa shape index (κ3) is 5.20. The number of anilines is 3. The summed E-state index contributed by atoms with van der Waals surface area (Å²) in [5, 5.41) is 6.60. The fourth-order valence-corrected chi connectivity index (χ4v) is 4.99. The van der Waals surface area contributed by atoms with Crippen molar-refractivity contribution in [1.29, 1.82) is 0 Å². The first-order valence-electron chi connectivity index (χ1n) is 11.3. The molecular weight excluding hydrogens is 460 g/mol. The van der Waals surface area contributed by atoms with Crippen LogP contribution in [0.2, 0.25) is 0 Å². The van der Waals surface area contributed by atoms with Crippen LogP contribution >= 0.6 is 11.3 Å². The highest BCUT2D eigenvalue weighted by atomic mass is 32.1. The Morgan fingerprint density at radius 1 is 0.914 bits per heavy atom. The maximum absolute atomic E-state index is 12.8. The summed E-state index contributed by atoms with van der Waals surface area (Å²) < 4.78 is 0. The van der Waals surface area contributed by atoms with E-state index in [9.17, 15) is 9.59 Å². The summed E-state index contributed by atoms with van der Waals surface area (Å²) in [4.78, 5) is 41.7. The Morgan fingerprint density at radius 2 is 1.63 bits per heavy atom. The number of amides is 2. The number of rotatable bonds is 5. The van der Waals surface area contributed by atoms with Crippen molar-refractivity contribution in [2.75, 3.05) is 17.2 Å². The van der Waals surface area contributed by atoms with E-state index in [-0.39, 0.29) is 11.8 Å².